The van der Waals surface area contributed by atoms with Crippen molar-refractivity contribution >= 4 is 22.9 Å². The molecule has 0 aliphatic carbocycles. The molecule has 0 amide bonds. The van der Waals surface area contributed by atoms with E-state index in [-0.39, 0.29) is 0 Å². The molecule has 26 heavy (non-hydrogen) atoms. The molecule has 1 N–H and O–H groups in total. The number of thioether (sulfide) groups is 1. The molecular formula is C18H17N5O2S. The first kappa shape index (κ1) is 16.6. The van der Waals surface area contributed by atoms with Crippen molar-refractivity contribution in [2.24, 2.45) is 0 Å². The molecule has 0 bridgehead atoms. The third-order valence-corrected chi connectivity index (χ3v) is 4.84. The van der Waals surface area contributed by atoms with Crippen LogP contribution in [0.3, 0.4) is 0 Å². The van der Waals surface area contributed by atoms with Gasteiger partial charge in [-0.25, -0.2) is 19.9 Å². The number of rotatable bonds is 6. The van der Waals surface area contributed by atoms with Crippen molar-refractivity contribution in [2.45, 2.75) is 24.6 Å². The van der Waals surface area contributed by atoms with E-state index >= 15 is 0 Å². The molecule has 4 rings (SSSR count). The van der Waals surface area contributed by atoms with Crippen LogP contribution in [-0.4, -0.2) is 31.5 Å². The van der Waals surface area contributed by atoms with Gasteiger partial charge in [0.1, 0.15) is 28.4 Å². The third-order valence-electron chi connectivity index (χ3n) is 3.84. The zero-order valence-corrected chi connectivity index (χ0v) is 15.2. The van der Waals surface area contributed by atoms with Gasteiger partial charge in [-0.05, 0) is 26.0 Å². The first-order valence-electron chi connectivity index (χ1n) is 8.21. The first-order chi connectivity index (χ1) is 12.8. The van der Waals surface area contributed by atoms with E-state index in [0.29, 0.717) is 23.9 Å². The monoisotopic (exact) mass is 367 g/mol. The fourth-order valence-corrected chi connectivity index (χ4v) is 3.55. The zero-order valence-electron chi connectivity index (χ0n) is 14.4. The van der Waals surface area contributed by atoms with Crippen LogP contribution < -0.4 is 4.74 Å². The summed E-state index contributed by atoms with van der Waals surface area (Å²) in [6, 6.07) is 7.75. The summed E-state index contributed by atoms with van der Waals surface area (Å²) in [5.41, 5.74) is 3.22. The Morgan fingerprint density at radius 3 is 2.96 bits per heavy atom. The van der Waals surface area contributed by atoms with Gasteiger partial charge < -0.3 is 14.1 Å². The van der Waals surface area contributed by atoms with Gasteiger partial charge in [-0.15, -0.1) is 0 Å². The minimum atomic E-state index is 0.566. The number of para-hydroxylation sites is 1. The Hall–Kier alpha value is -2.87. The molecular weight excluding hydrogens is 350 g/mol. The molecule has 3 aromatic heterocycles. The highest BCUT2D eigenvalue weighted by Gasteiger charge is 2.16. The van der Waals surface area contributed by atoms with Crippen LogP contribution in [0.4, 0.5) is 0 Å². The number of nitrogens with one attached hydrogen (secondary N) is 1. The molecule has 7 nitrogen and oxygen atoms in total. The maximum absolute atomic E-state index is 5.89. The smallest absolute Gasteiger partial charge is 0.230 e. The van der Waals surface area contributed by atoms with Crippen molar-refractivity contribution in [3.05, 3.63) is 48.4 Å². The number of aromatic nitrogens is 5. The van der Waals surface area contributed by atoms with Crippen LogP contribution in [0.25, 0.3) is 22.6 Å². The molecule has 3 heterocycles. The van der Waals surface area contributed by atoms with Crippen molar-refractivity contribution in [1.29, 1.82) is 0 Å². The lowest BCUT2D eigenvalue weighted by Gasteiger charge is -2.06. The number of benzene rings is 1. The van der Waals surface area contributed by atoms with Crippen molar-refractivity contribution in [1.82, 2.24) is 24.9 Å². The average Bonchev–Trinajstić information content (AvgIpc) is 3.27. The van der Waals surface area contributed by atoms with Gasteiger partial charge in [0.15, 0.2) is 5.65 Å². The van der Waals surface area contributed by atoms with Crippen LogP contribution in [-0.2, 0) is 5.75 Å². The molecule has 0 atom stereocenters. The number of aromatic amines is 1. The highest BCUT2D eigenvalue weighted by molar-refractivity contribution is 7.98. The number of aryl methyl sites for hydroxylation is 1. The molecule has 0 spiro atoms. The van der Waals surface area contributed by atoms with Gasteiger partial charge in [0.2, 0.25) is 5.89 Å². The minimum Gasteiger partial charge on any atom is -0.493 e. The van der Waals surface area contributed by atoms with E-state index in [1.165, 1.54) is 6.33 Å². The molecule has 0 aliphatic heterocycles. The van der Waals surface area contributed by atoms with E-state index in [4.69, 9.17) is 9.15 Å². The van der Waals surface area contributed by atoms with Gasteiger partial charge in [-0.1, -0.05) is 23.9 Å². The lowest BCUT2D eigenvalue weighted by molar-refractivity contribution is 0.340. The quantitative estimate of drug-likeness (QED) is 0.407. The van der Waals surface area contributed by atoms with E-state index in [9.17, 15) is 0 Å². The number of fused-ring (bicyclic) bond motifs is 1. The van der Waals surface area contributed by atoms with Crippen molar-refractivity contribution in [3.63, 3.8) is 0 Å². The normalized spacial score (nSPS) is 11.2. The number of nitrogens with zero attached hydrogens (tertiary/aromatic N) is 4. The molecule has 0 fully saturated rings. The second-order valence-corrected chi connectivity index (χ2v) is 6.48. The zero-order chi connectivity index (χ0) is 17.9. The number of imidazole rings is 1. The average molecular weight is 367 g/mol. The van der Waals surface area contributed by atoms with E-state index < -0.39 is 0 Å². The maximum atomic E-state index is 5.89. The Morgan fingerprint density at radius 2 is 2.08 bits per heavy atom. The summed E-state index contributed by atoms with van der Waals surface area (Å²) in [5.74, 6) is 2.76. The van der Waals surface area contributed by atoms with E-state index in [2.05, 4.69) is 24.9 Å². The van der Waals surface area contributed by atoms with Gasteiger partial charge in [0, 0.05) is 5.75 Å². The van der Waals surface area contributed by atoms with Crippen molar-refractivity contribution in [2.75, 3.05) is 6.61 Å². The summed E-state index contributed by atoms with van der Waals surface area (Å²) >= 11 is 1.57. The second-order valence-electron chi connectivity index (χ2n) is 5.52. The summed E-state index contributed by atoms with van der Waals surface area (Å²) in [4.78, 5) is 20.4. The predicted molar refractivity (Wildman–Crippen MR) is 99.1 cm³/mol. The van der Waals surface area contributed by atoms with Crippen molar-refractivity contribution in [3.8, 4) is 17.2 Å². The third kappa shape index (κ3) is 3.15. The lowest BCUT2D eigenvalue weighted by Crippen LogP contribution is -1.94. The Balaban J connectivity index is 1.59. The molecule has 0 aliphatic rings. The van der Waals surface area contributed by atoms with Crippen LogP contribution in [0.2, 0.25) is 0 Å². The highest BCUT2D eigenvalue weighted by Crippen LogP contribution is 2.32. The van der Waals surface area contributed by atoms with E-state index in [1.807, 2.05) is 38.1 Å². The summed E-state index contributed by atoms with van der Waals surface area (Å²) in [6.07, 6.45) is 3.14. The summed E-state index contributed by atoms with van der Waals surface area (Å²) in [7, 11) is 0. The Bertz CT molecular complexity index is 1040. The predicted octanol–water partition coefficient (Wildman–Crippen LogP) is 4.01. The number of ether oxygens (including phenoxy) is 1. The Morgan fingerprint density at radius 1 is 1.19 bits per heavy atom. The largest absolute Gasteiger partial charge is 0.493 e. The molecule has 0 saturated heterocycles. The molecule has 4 aromatic rings. The molecule has 0 unspecified atom stereocenters. The Kier molecular flexibility index (Phi) is 4.57. The SMILES string of the molecule is CCOc1ccccc1-c1nc(CSc2ncnc3nc[nH]c23)c(C)o1. The van der Waals surface area contributed by atoms with E-state index in [0.717, 1.165) is 33.3 Å². The summed E-state index contributed by atoms with van der Waals surface area (Å²) < 4.78 is 11.6. The second kappa shape index (κ2) is 7.17. The van der Waals surface area contributed by atoms with Crippen LogP contribution in [0, 0.1) is 6.92 Å². The highest BCUT2D eigenvalue weighted by atomic mass is 32.2. The van der Waals surface area contributed by atoms with Gasteiger partial charge in [-0.3, -0.25) is 0 Å². The molecule has 8 heteroatoms. The number of hydrogen-bond donors (Lipinski definition) is 1. The van der Waals surface area contributed by atoms with Gasteiger partial charge in [-0.2, -0.15) is 0 Å². The van der Waals surface area contributed by atoms with E-state index in [1.54, 1.807) is 18.1 Å². The molecule has 1 aromatic carbocycles. The van der Waals surface area contributed by atoms with Crippen LogP contribution in [0.1, 0.15) is 18.4 Å². The summed E-state index contributed by atoms with van der Waals surface area (Å²) in [6.45, 7) is 4.46. The standard InChI is InChI=1S/C18H17N5O2S/c1-3-24-14-7-5-4-6-12(14)17-23-13(11(2)25-17)8-26-18-15-16(20-9-19-15)21-10-22-18/h4-7,9-10H,3,8H2,1-2H3,(H,19,20,21,22). The van der Waals surface area contributed by atoms with Gasteiger partial charge >= 0.3 is 0 Å². The van der Waals surface area contributed by atoms with Crippen LogP contribution in [0.15, 0.2) is 46.4 Å². The number of oxazole rings is 1. The molecule has 0 radical (unpaired) electrons. The lowest BCUT2D eigenvalue weighted by atomic mass is 10.2. The topological polar surface area (TPSA) is 89.7 Å². The van der Waals surface area contributed by atoms with Crippen LogP contribution >= 0.6 is 11.8 Å². The molecule has 0 saturated carbocycles. The molecule has 132 valence electrons. The fraction of sp³-hybridized carbons (Fsp3) is 0.222. The number of H-pyrrole nitrogens is 1. The Labute approximate surface area is 154 Å². The first-order valence-corrected chi connectivity index (χ1v) is 9.20. The minimum absolute atomic E-state index is 0.566. The van der Waals surface area contributed by atoms with Gasteiger partial charge in [0.05, 0.1) is 24.2 Å². The summed E-state index contributed by atoms with van der Waals surface area (Å²) in [5, 5.41) is 0.839. The number of hydrogen-bond acceptors (Lipinski definition) is 7. The van der Waals surface area contributed by atoms with Gasteiger partial charge in [0.25, 0.3) is 0 Å². The fourth-order valence-electron chi connectivity index (χ4n) is 2.59. The van der Waals surface area contributed by atoms with Crippen LogP contribution in [0.5, 0.6) is 5.75 Å². The maximum Gasteiger partial charge on any atom is 0.230 e. The van der Waals surface area contributed by atoms with Crippen molar-refractivity contribution < 1.29 is 9.15 Å².